The number of amides is 1. The molecule has 0 bridgehead atoms. The number of hydrogen-bond acceptors (Lipinski definition) is 5. The van der Waals surface area contributed by atoms with Gasteiger partial charge in [-0.05, 0) is 69.0 Å². The van der Waals surface area contributed by atoms with Crippen LogP contribution in [0.5, 0.6) is 0 Å². The minimum absolute atomic E-state index is 0.0850. The summed E-state index contributed by atoms with van der Waals surface area (Å²) in [6.45, 7) is 5.12. The van der Waals surface area contributed by atoms with Crippen molar-refractivity contribution in [3.05, 3.63) is 60.3 Å². The number of rotatable bonds is 8. The van der Waals surface area contributed by atoms with Crippen LogP contribution in [0.2, 0.25) is 0 Å². The number of fused-ring (bicyclic) bond motifs is 2. The van der Waals surface area contributed by atoms with Crippen molar-refractivity contribution < 1.29 is 4.79 Å². The van der Waals surface area contributed by atoms with Crippen molar-refractivity contribution >= 4 is 23.1 Å². The molecule has 2 aromatic rings. The summed E-state index contributed by atoms with van der Waals surface area (Å²) in [4.78, 5) is 22.2. The van der Waals surface area contributed by atoms with E-state index in [9.17, 15) is 4.79 Å². The number of nitrogens with zero attached hydrogens (tertiary/aromatic N) is 3. The van der Waals surface area contributed by atoms with Crippen LogP contribution < -0.4 is 15.5 Å². The molecular formula is C29H39N5O. The number of piperidine rings is 1. The highest BCUT2D eigenvalue weighted by atomic mass is 16.1. The second-order valence-electron chi connectivity index (χ2n) is 10.2. The molecule has 2 N–H and O–H groups in total. The predicted octanol–water partition coefficient (Wildman–Crippen LogP) is 5.37. The van der Waals surface area contributed by atoms with Gasteiger partial charge in [0, 0.05) is 31.9 Å². The quantitative estimate of drug-likeness (QED) is 0.505. The highest BCUT2D eigenvalue weighted by Gasteiger charge is 2.25. The zero-order valence-electron chi connectivity index (χ0n) is 20.8. The fourth-order valence-corrected chi connectivity index (χ4v) is 5.87. The van der Waals surface area contributed by atoms with E-state index < -0.39 is 0 Å². The van der Waals surface area contributed by atoms with E-state index in [2.05, 4.69) is 37.6 Å². The van der Waals surface area contributed by atoms with Crippen LogP contribution in [0.4, 0.5) is 17.2 Å². The SMILES string of the molecule is O=C1Nc2cccnc2N(C/C=C/CN2CCCCC2CNCC2CCCCC2)c2ccccc21. The molecule has 1 aromatic heterocycles. The molecule has 1 saturated heterocycles. The Kier molecular flexibility index (Phi) is 8.11. The van der Waals surface area contributed by atoms with E-state index in [0.717, 1.165) is 36.2 Å². The third-order valence-corrected chi connectivity index (χ3v) is 7.81. The Labute approximate surface area is 209 Å². The molecule has 6 nitrogen and oxygen atoms in total. The maximum absolute atomic E-state index is 12.8. The monoisotopic (exact) mass is 473 g/mol. The standard InChI is InChI=1S/C29H39N5O/c35-29-25-14-4-5-16-27(25)34(28-26(32-29)15-10-17-31-28)20-9-8-19-33-18-7-6-13-24(33)22-30-21-23-11-2-1-3-12-23/h4-5,8-10,14-17,23-24,30H,1-3,6-7,11-13,18-22H2,(H,32,35)/b9-8+. The molecule has 1 amide bonds. The Bertz CT molecular complexity index is 1020. The van der Waals surface area contributed by atoms with Crippen LogP contribution in [0.15, 0.2) is 54.7 Å². The van der Waals surface area contributed by atoms with Crippen molar-refractivity contribution in [1.82, 2.24) is 15.2 Å². The van der Waals surface area contributed by atoms with Gasteiger partial charge in [-0.3, -0.25) is 9.69 Å². The molecule has 1 aliphatic carbocycles. The summed E-state index contributed by atoms with van der Waals surface area (Å²) in [5.41, 5.74) is 2.33. The number of aromatic nitrogens is 1. The fraction of sp³-hybridized carbons (Fsp3) is 0.517. The Hall–Kier alpha value is -2.70. The van der Waals surface area contributed by atoms with Crippen molar-refractivity contribution in [1.29, 1.82) is 0 Å². The Morgan fingerprint density at radius 1 is 0.943 bits per heavy atom. The minimum Gasteiger partial charge on any atom is -0.320 e. The maximum Gasteiger partial charge on any atom is 0.257 e. The van der Waals surface area contributed by atoms with Gasteiger partial charge >= 0.3 is 0 Å². The molecule has 6 heteroatoms. The second kappa shape index (κ2) is 11.8. The summed E-state index contributed by atoms with van der Waals surface area (Å²) >= 11 is 0. The van der Waals surface area contributed by atoms with Gasteiger partial charge < -0.3 is 15.5 Å². The van der Waals surface area contributed by atoms with Gasteiger partial charge in [0.15, 0.2) is 5.82 Å². The zero-order valence-corrected chi connectivity index (χ0v) is 20.8. The zero-order chi connectivity index (χ0) is 23.9. The lowest BCUT2D eigenvalue weighted by Crippen LogP contribution is -2.46. The normalized spacial score (nSPS) is 21.4. The molecule has 0 spiro atoms. The average Bonchev–Trinajstić information content (AvgIpc) is 3.02. The number of carbonyl (C=O) groups excluding carboxylic acids is 1. The van der Waals surface area contributed by atoms with Crippen LogP contribution in [-0.4, -0.2) is 54.6 Å². The average molecular weight is 474 g/mol. The first-order valence-corrected chi connectivity index (χ1v) is 13.5. The van der Waals surface area contributed by atoms with Crippen LogP contribution in [-0.2, 0) is 0 Å². The summed E-state index contributed by atoms with van der Waals surface area (Å²) in [7, 11) is 0. The summed E-state index contributed by atoms with van der Waals surface area (Å²) < 4.78 is 0. The third-order valence-electron chi connectivity index (χ3n) is 7.81. The molecule has 1 unspecified atom stereocenters. The molecule has 35 heavy (non-hydrogen) atoms. The summed E-state index contributed by atoms with van der Waals surface area (Å²) in [6.07, 6.45) is 17.3. The molecule has 2 aliphatic heterocycles. The number of carbonyl (C=O) groups is 1. The largest absolute Gasteiger partial charge is 0.320 e. The number of pyridine rings is 1. The molecule has 186 valence electrons. The van der Waals surface area contributed by atoms with Crippen LogP contribution in [0.3, 0.4) is 0 Å². The number of para-hydroxylation sites is 1. The third kappa shape index (κ3) is 5.93. The van der Waals surface area contributed by atoms with Gasteiger partial charge in [-0.25, -0.2) is 4.98 Å². The first-order chi connectivity index (χ1) is 17.3. The summed E-state index contributed by atoms with van der Waals surface area (Å²) in [5, 5.41) is 6.83. The molecule has 3 heterocycles. The van der Waals surface area contributed by atoms with Gasteiger partial charge in [-0.15, -0.1) is 0 Å². The smallest absolute Gasteiger partial charge is 0.257 e. The Morgan fingerprint density at radius 2 is 1.77 bits per heavy atom. The van der Waals surface area contributed by atoms with Crippen molar-refractivity contribution in [2.24, 2.45) is 5.92 Å². The molecule has 2 fully saturated rings. The Morgan fingerprint density at radius 3 is 2.69 bits per heavy atom. The van der Waals surface area contributed by atoms with Gasteiger partial charge in [-0.2, -0.15) is 0 Å². The van der Waals surface area contributed by atoms with Gasteiger partial charge in [0.25, 0.3) is 5.91 Å². The lowest BCUT2D eigenvalue weighted by atomic mass is 9.89. The highest BCUT2D eigenvalue weighted by molar-refractivity contribution is 6.12. The van der Waals surface area contributed by atoms with E-state index in [1.807, 2.05) is 36.4 Å². The van der Waals surface area contributed by atoms with Crippen LogP contribution in [0.1, 0.15) is 61.7 Å². The number of benzene rings is 1. The van der Waals surface area contributed by atoms with Gasteiger partial charge in [0.05, 0.1) is 16.9 Å². The van der Waals surface area contributed by atoms with E-state index in [1.165, 1.54) is 64.5 Å². The molecular weight excluding hydrogens is 434 g/mol. The van der Waals surface area contributed by atoms with Crippen LogP contribution in [0, 0.1) is 5.92 Å². The van der Waals surface area contributed by atoms with E-state index >= 15 is 0 Å². The molecule has 1 saturated carbocycles. The first-order valence-electron chi connectivity index (χ1n) is 13.5. The minimum atomic E-state index is -0.0850. The van der Waals surface area contributed by atoms with E-state index in [0.29, 0.717) is 18.2 Å². The van der Waals surface area contributed by atoms with E-state index in [1.54, 1.807) is 6.20 Å². The Balaban J connectivity index is 1.21. The van der Waals surface area contributed by atoms with Crippen LogP contribution in [0.25, 0.3) is 0 Å². The molecule has 3 aliphatic rings. The first kappa shape index (κ1) is 24.0. The van der Waals surface area contributed by atoms with Crippen molar-refractivity contribution in [2.75, 3.05) is 42.9 Å². The number of nitrogens with one attached hydrogen (secondary N) is 2. The number of likely N-dealkylation sites (tertiary alicyclic amines) is 1. The lowest BCUT2D eigenvalue weighted by Gasteiger charge is -2.35. The maximum atomic E-state index is 12.8. The lowest BCUT2D eigenvalue weighted by molar-refractivity contribution is 0.102. The summed E-state index contributed by atoms with van der Waals surface area (Å²) in [6, 6.07) is 12.2. The van der Waals surface area contributed by atoms with E-state index in [-0.39, 0.29) is 5.91 Å². The van der Waals surface area contributed by atoms with Gasteiger partial charge in [-0.1, -0.05) is 50.0 Å². The van der Waals surface area contributed by atoms with Gasteiger partial charge in [0.2, 0.25) is 0 Å². The number of anilines is 3. The summed E-state index contributed by atoms with van der Waals surface area (Å²) in [5.74, 6) is 1.59. The predicted molar refractivity (Wildman–Crippen MR) is 143 cm³/mol. The van der Waals surface area contributed by atoms with E-state index in [4.69, 9.17) is 0 Å². The molecule has 1 atom stereocenters. The van der Waals surface area contributed by atoms with Gasteiger partial charge in [0.1, 0.15) is 0 Å². The molecule has 1 aromatic carbocycles. The fourth-order valence-electron chi connectivity index (χ4n) is 5.87. The molecule has 5 rings (SSSR count). The van der Waals surface area contributed by atoms with Crippen molar-refractivity contribution in [3.63, 3.8) is 0 Å². The second-order valence-corrected chi connectivity index (χ2v) is 10.2. The topological polar surface area (TPSA) is 60.5 Å². The molecule has 0 radical (unpaired) electrons. The van der Waals surface area contributed by atoms with Crippen molar-refractivity contribution in [2.45, 2.75) is 57.4 Å². The number of hydrogen-bond donors (Lipinski definition) is 2. The van der Waals surface area contributed by atoms with Crippen LogP contribution >= 0.6 is 0 Å². The van der Waals surface area contributed by atoms with Crippen molar-refractivity contribution in [3.8, 4) is 0 Å². The highest BCUT2D eigenvalue weighted by Crippen LogP contribution is 2.35.